The van der Waals surface area contributed by atoms with Gasteiger partial charge in [0.25, 0.3) is 5.69 Å². The van der Waals surface area contributed by atoms with Crippen LogP contribution in [-0.2, 0) is 0 Å². The standard InChI is InChI=1S/C14H22ClN5O2/c1-17-6-8-19(9-7-17)5-3-4-18(2)14-13(15)10-12(11-16-14)20(21)22/h10-11H,3-9H2,1-2H3. The molecule has 1 aliphatic heterocycles. The smallest absolute Gasteiger partial charge is 0.289 e. The second kappa shape index (κ2) is 7.71. The van der Waals surface area contributed by atoms with E-state index < -0.39 is 4.92 Å². The summed E-state index contributed by atoms with van der Waals surface area (Å²) < 4.78 is 0. The van der Waals surface area contributed by atoms with E-state index in [-0.39, 0.29) is 5.69 Å². The maximum absolute atomic E-state index is 10.7. The number of anilines is 1. The molecule has 0 spiro atoms. The third kappa shape index (κ3) is 4.53. The zero-order chi connectivity index (χ0) is 16.1. The molecule has 122 valence electrons. The van der Waals surface area contributed by atoms with E-state index in [0.29, 0.717) is 10.8 Å². The summed E-state index contributed by atoms with van der Waals surface area (Å²) in [7, 11) is 4.05. The Morgan fingerprint density at radius 2 is 2.09 bits per heavy atom. The second-order valence-electron chi connectivity index (χ2n) is 5.68. The molecule has 2 heterocycles. The van der Waals surface area contributed by atoms with Gasteiger partial charge in [-0.15, -0.1) is 0 Å². The number of pyridine rings is 1. The number of nitro groups is 1. The van der Waals surface area contributed by atoms with Crippen LogP contribution < -0.4 is 4.90 Å². The first-order chi connectivity index (χ1) is 10.5. The predicted octanol–water partition coefficient (Wildman–Crippen LogP) is 1.72. The lowest BCUT2D eigenvalue weighted by Gasteiger charge is -2.32. The normalized spacial score (nSPS) is 16.7. The van der Waals surface area contributed by atoms with Crippen LogP contribution >= 0.6 is 11.6 Å². The number of hydrogen-bond acceptors (Lipinski definition) is 6. The maximum Gasteiger partial charge on any atom is 0.289 e. The summed E-state index contributed by atoms with van der Waals surface area (Å²) in [5.74, 6) is 0.589. The van der Waals surface area contributed by atoms with Crippen molar-refractivity contribution >= 4 is 23.1 Å². The van der Waals surface area contributed by atoms with Crippen molar-refractivity contribution in [3.05, 3.63) is 27.4 Å². The first-order valence-electron chi connectivity index (χ1n) is 7.39. The fourth-order valence-corrected chi connectivity index (χ4v) is 2.82. The van der Waals surface area contributed by atoms with Gasteiger partial charge in [0.2, 0.25) is 0 Å². The van der Waals surface area contributed by atoms with Gasteiger partial charge in [0.05, 0.1) is 9.95 Å². The largest absolute Gasteiger partial charge is 0.358 e. The van der Waals surface area contributed by atoms with Crippen LogP contribution in [0.3, 0.4) is 0 Å². The molecule has 1 fully saturated rings. The Labute approximate surface area is 135 Å². The molecule has 1 aliphatic rings. The molecule has 0 atom stereocenters. The van der Waals surface area contributed by atoms with Gasteiger partial charge in [-0.3, -0.25) is 10.1 Å². The van der Waals surface area contributed by atoms with E-state index in [2.05, 4.69) is 21.8 Å². The average Bonchev–Trinajstić information content (AvgIpc) is 2.49. The Morgan fingerprint density at radius 1 is 1.41 bits per heavy atom. The van der Waals surface area contributed by atoms with E-state index in [1.54, 1.807) is 0 Å². The first kappa shape index (κ1) is 16.9. The van der Waals surface area contributed by atoms with Crippen molar-refractivity contribution in [1.82, 2.24) is 14.8 Å². The maximum atomic E-state index is 10.7. The number of piperazine rings is 1. The monoisotopic (exact) mass is 327 g/mol. The molecule has 7 nitrogen and oxygen atoms in total. The van der Waals surface area contributed by atoms with Crippen LogP contribution in [0.1, 0.15) is 6.42 Å². The van der Waals surface area contributed by atoms with Crippen LogP contribution in [0.4, 0.5) is 11.5 Å². The van der Waals surface area contributed by atoms with Crippen molar-refractivity contribution in [3.8, 4) is 0 Å². The van der Waals surface area contributed by atoms with Crippen LogP contribution in [0.5, 0.6) is 0 Å². The van der Waals surface area contributed by atoms with Gasteiger partial charge in [0, 0.05) is 45.8 Å². The molecular weight excluding hydrogens is 306 g/mol. The molecule has 2 rings (SSSR count). The highest BCUT2D eigenvalue weighted by Gasteiger charge is 2.15. The van der Waals surface area contributed by atoms with Crippen molar-refractivity contribution < 1.29 is 4.92 Å². The van der Waals surface area contributed by atoms with E-state index in [1.807, 2.05) is 11.9 Å². The van der Waals surface area contributed by atoms with Crippen molar-refractivity contribution in [2.45, 2.75) is 6.42 Å². The van der Waals surface area contributed by atoms with Crippen molar-refractivity contribution in [2.24, 2.45) is 0 Å². The number of hydrogen-bond donors (Lipinski definition) is 0. The zero-order valence-corrected chi connectivity index (χ0v) is 13.8. The Hall–Kier alpha value is -1.44. The highest BCUT2D eigenvalue weighted by Crippen LogP contribution is 2.26. The molecule has 0 aromatic carbocycles. The van der Waals surface area contributed by atoms with E-state index in [0.717, 1.165) is 45.7 Å². The summed E-state index contributed by atoms with van der Waals surface area (Å²) >= 11 is 6.09. The summed E-state index contributed by atoms with van der Waals surface area (Å²) in [6.45, 7) is 6.31. The van der Waals surface area contributed by atoms with Gasteiger partial charge in [0.15, 0.2) is 0 Å². The molecule has 1 aromatic rings. The Bertz CT molecular complexity index is 520. The highest BCUT2D eigenvalue weighted by molar-refractivity contribution is 6.33. The molecule has 0 unspecified atom stereocenters. The molecule has 0 saturated carbocycles. The number of nitrogens with zero attached hydrogens (tertiary/aromatic N) is 5. The molecule has 0 radical (unpaired) electrons. The first-order valence-corrected chi connectivity index (χ1v) is 7.77. The van der Waals surface area contributed by atoms with E-state index in [1.165, 1.54) is 12.3 Å². The predicted molar refractivity (Wildman–Crippen MR) is 87.7 cm³/mol. The van der Waals surface area contributed by atoms with E-state index in [9.17, 15) is 10.1 Å². The van der Waals surface area contributed by atoms with E-state index >= 15 is 0 Å². The van der Waals surface area contributed by atoms with Crippen LogP contribution in [0.2, 0.25) is 5.02 Å². The van der Waals surface area contributed by atoms with Crippen molar-refractivity contribution in [3.63, 3.8) is 0 Å². The molecule has 8 heteroatoms. The Balaban J connectivity index is 1.82. The van der Waals surface area contributed by atoms with Crippen molar-refractivity contribution in [2.75, 3.05) is 58.3 Å². The molecule has 1 aromatic heterocycles. The number of rotatable bonds is 6. The molecule has 1 saturated heterocycles. The number of halogens is 1. The minimum atomic E-state index is -0.490. The molecule has 0 N–H and O–H groups in total. The second-order valence-corrected chi connectivity index (χ2v) is 6.08. The van der Waals surface area contributed by atoms with Gasteiger partial charge < -0.3 is 14.7 Å². The molecule has 22 heavy (non-hydrogen) atoms. The summed E-state index contributed by atoms with van der Waals surface area (Å²) in [6.07, 6.45) is 2.26. The van der Waals surface area contributed by atoms with E-state index in [4.69, 9.17) is 11.6 Å². The zero-order valence-electron chi connectivity index (χ0n) is 13.0. The average molecular weight is 328 g/mol. The van der Waals surface area contributed by atoms with Gasteiger partial charge >= 0.3 is 0 Å². The Morgan fingerprint density at radius 3 is 2.68 bits per heavy atom. The quantitative estimate of drug-likeness (QED) is 0.585. The lowest BCUT2D eigenvalue weighted by atomic mass is 10.3. The summed E-state index contributed by atoms with van der Waals surface area (Å²) in [4.78, 5) is 21.0. The van der Waals surface area contributed by atoms with Crippen molar-refractivity contribution in [1.29, 1.82) is 0 Å². The summed E-state index contributed by atoms with van der Waals surface area (Å²) in [5, 5.41) is 11.0. The molecular formula is C14H22ClN5O2. The SMILES string of the molecule is CN1CCN(CCCN(C)c2ncc([N+](=O)[O-])cc2Cl)CC1. The fraction of sp³-hybridized carbons (Fsp3) is 0.643. The van der Waals surface area contributed by atoms with Crippen LogP contribution in [0.15, 0.2) is 12.3 Å². The van der Waals surface area contributed by atoms with Crippen LogP contribution in [-0.4, -0.2) is 73.1 Å². The third-order valence-corrected chi connectivity index (χ3v) is 4.22. The number of aromatic nitrogens is 1. The Kier molecular flexibility index (Phi) is 5.93. The summed E-state index contributed by atoms with van der Waals surface area (Å²) in [6, 6.07) is 1.35. The summed E-state index contributed by atoms with van der Waals surface area (Å²) in [5.41, 5.74) is -0.0837. The van der Waals surface area contributed by atoms with Gasteiger partial charge in [-0.25, -0.2) is 4.98 Å². The highest BCUT2D eigenvalue weighted by atomic mass is 35.5. The molecule has 0 bridgehead atoms. The topological polar surface area (TPSA) is 65.8 Å². The van der Waals surface area contributed by atoms with Gasteiger partial charge in [-0.1, -0.05) is 11.6 Å². The lowest BCUT2D eigenvalue weighted by Crippen LogP contribution is -2.45. The lowest BCUT2D eigenvalue weighted by molar-refractivity contribution is -0.385. The van der Waals surface area contributed by atoms with Gasteiger partial charge in [0.1, 0.15) is 12.0 Å². The van der Waals surface area contributed by atoms with Crippen LogP contribution in [0.25, 0.3) is 0 Å². The van der Waals surface area contributed by atoms with Crippen LogP contribution in [0, 0.1) is 10.1 Å². The third-order valence-electron chi connectivity index (χ3n) is 3.94. The minimum Gasteiger partial charge on any atom is -0.358 e. The molecule has 0 aliphatic carbocycles. The molecule has 0 amide bonds. The fourth-order valence-electron chi connectivity index (χ4n) is 2.51. The van der Waals surface area contributed by atoms with Gasteiger partial charge in [-0.2, -0.15) is 0 Å². The minimum absolute atomic E-state index is 0.0837. The van der Waals surface area contributed by atoms with Gasteiger partial charge in [-0.05, 0) is 20.0 Å². The number of likely N-dealkylation sites (N-methyl/N-ethyl adjacent to an activating group) is 1.